The molecule has 0 saturated heterocycles. The minimum Gasteiger partial charge on any atom is -0.353 e. The summed E-state index contributed by atoms with van der Waals surface area (Å²) in [5, 5.41) is 7.11. The second kappa shape index (κ2) is 10.9. The molecule has 1 N–H and O–H groups in total. The Kier molecular flexibility index (Phi) is 6.93. The zero-order valence-corrected chi connectivity index (χ0v) is 26.9. The van der Waals surface area contributed by atoms with E-state index in [4.69, 9.17) is 9.98 Å². The number of hydrogen-bond acceptors (Lipinski definition) is 2. The largest absolute Gasteiger partial charge is 0.353 e. The van der Waals surface area contributed by atoms with E-state index in [0.717, 1.165) is 44.3 Å². The summed E-state index contributed by atoms with van der Waals surface area (Å²) in [6.07, 6.45) is 4.06. The van der Waals surface area contributed by atoms with Crippen LogP contribution in [-0.2, 0) is 10.8 Å². The molecule has 0 saturated carbocycles. The molecule has 3 nitrogen and oxygen atoms in total. The van der Waals surface area contributed by atoms with Gasteiger partial charge in [-0.3, -0.25) is 9.98 Å². The van der Waals surface area contributed by atoms with Crippen LogP contribution >= 0.6 is 0 Å². The Hall–Kier alpha value is -5.02. The lowest BCUT2D eigenvalue weighted by Gasteiger charge is -2.21. The van der Waals surface area contributed by atoms with Crippen LogP contribution in [-0.4, -0.2) is 17.4 Å². The van der Waals surface area contributed by atoms with Crippen molar-refractivity contribution in [1.29, 1.82) is 0 Å². The van der Waals surface area contributed by atoms with Crippen LogP contribution in [0.15, 0.2) is 119 Å². The number of hydrogen-bond donors (Lipinski definition) is 1. The van der Waals surface area contributed by atoms with Gasteiger partial charge in [-0.1, -0.05) is 114 Å². The number of nitrogens with one attached hydrogen (secondary N) is 1. The Morgan fingerprint density at radius 1 is 0.467 bits per heavy atom. The third-order valence-corrected chi connectivity index (χ3v) is 8.83. The van der Waals surface area contributed by atoms with E-state index < -0.39 is 0 Å². The van der Waals surface area contributed by atoms with Gasteiger partial charge in [-0.25, -0.2) is 0 Å². The van der Waals surface area contributed by atoms with Crippen molar-refractivity contribution in [2.24, 2.45) is 9.98 Å². The normalized spacial score (nSPS) is 12.9. The van der Waals surface area contributed by atoms with Gasteiger partial charge < -0.3 is 4.98 Å². The van der Waals surface area contributed by atoms with E-state index in [0.29, 0.717) is 0 Å². The molecule has 1 heterocycles. The van der Waals surface area contributed by atoms with Crippen molar-refractivity contribution in [3.63, 3.8) is 0 Å². The van der Waals surface area contributed by atoms with Crippen LogP contribution < -0.4 is 0 Å². The number of nitrogens with zero attached hydrogens (tertiary/aromatic N) is 2. The highest BCUT2D eigenvalue weighted by atomic mass is 14.8. The van der Waals surface area contributed by atoms with Gasteiger partial charge in [-0.15, -0.1) is 0 Å². The number of benzene rings is 6. The average Bonchev–Trinajstić information content (AvgIpc) is 3.40. The van der Waals surface area contributed by atoms with Gasteiger partial charge in [0.1, 0.15) is 0 Å². The van der Waals surface area contributed by atoms with E-state index in [2.05, 4.69) is 156 Å². The van der Waals surface area contributed by atoms with E-state index in [1.54, 1.807) is 0 Å². The first-order valence-electron chi connectivity index (χ1n) is 15.7. The van der Waals surface area contributed by atoms with Crippen molar-refractivity contribution >= 4 is 67.2 Å². The first kappa shape index (κ1) is 28.7. The lowest BCUT2D eigenvalue weighted by Crippen LogP contribution is -2.12. The molecule has 222 valence electrons. The third-order valence-electron chi connectivity index (χ3n) is 8.83. The maximum atomic E-state index is 5.06. The molecule has 1 aromatic heterocycles. The second-order valence-corrected chi connectivity index (χ2v) is 14.1. The van der Waals surface area contributed by atoms with Gasteiger partial charge in [0, 0.05) is 45.1 Å². The summed E-state index contributed by atoms with van der Waals surface area (Å²) in [4.78, 5) is 14.0. The predicted molar refractivity (Wildman–Crippen MR) is 196 cm³/mol. The molecule has 0 amide bonds. The molecule has 7 aromatic rings. The molecule has 7 rings (SSSR count). The monoisotopic (exact) mass is 585 g/mol. The van der Waals surface area contributed by atoms with Gasteiger partial charge in [0.15, 0.2) is 0 Å². The first-order chi connectivity index (χ1) is 21.6. The maximum Gasteiger partial charge on any atom is 0.0708 e. The lowest BCUT2D eigenvalue weighted by atomic mass is 9.83. The molecule has 0 bridgehead atoms. The van der Waals surface area contributed by atoms with Crippen LogP contribution in [0.25, 0.3) is 43.4 Å². The number of H-pyrrole nitrogens is 1. The molecule has 0 aliphatic heterocycles. The van der Waals surface area contributed by atoms with Gasteiger partial charge in [0.2, 0.25) is 0 Å². The van der Waals surface area contributed by atoms with E-state index in [1.165, 1.54) is 32.7 Å². The third kappa shape index (κ3) is 5.44. The number of aromatic nitrogens is 1. The summed E-state index contributed by atoms with van der Waals surface area (Å²) in [6, 6.07) is 38.8. The summed E-state index contributed by atoms with van der Waals surface area (Å²) in [7, 11) is 0. The fourth-order valence-electron chi connectivity index (χ4n) is 6.15. The summed E-state index contributed by atoms with van der Waals surface area (Å²) in [5.41, 5.74) is 8.78. The Morgan fingerprint density at radius 3 is 1.29 bits per heavy atom. The standard InChI is InChI=1S/C42H39N3/c1-41(2,3)31-21-29(25-43-37-19-11-15-27-13-7-9-17-33(27)37)39-35(23-31)36-24-32(42(4,5)6)22-30(40(36)45-39)26-44-38-20-12-16-28-14-8-10-18-34(28)38/h7-26,45H,1-6H3. The van der Waals surface area contributed by atoms with Crippen LogP contribution in [0.2, 0.25) is 0 Å². The molecule has 0 spiro atoms. The lowest BCUT2D eigenvalue weighted by molar-refractivity contribution is 0.590. The van der Waals surface area contributed by atoms with E-state index in [9.17, 15) is 0 Å². The van der Waals surface area contributed by atoms with E-state index in [1.807, 2.05) is 12.4 Å². The van der Waals surface area contributed by atoms with Gasteiger partial charge in [-0.05, 0) is 69.1 Å². The number of rotatable bonds is 4. The number of aliphatic imine (C=N–C) groups is 2. The van der Waals surface area contributed by atoms with Crippen molar-refractivity contribution in [3.8, 4) is 0 Å². The minimum absolute atomic E-state index is 0.0277. The van der Waals surface area contributed by atoms with Crippen molar-refractivity contribution in [1.82, 2.24) is 4.98 Å². The number of fused-ring (bicyclic) bond motifs is 5. The Labute approximate surface area is 265 Å². The van der Waals surface area contributed by atoms with Crippen molar-refractivity contribution in [3.05, 3.63) is 131 Å². The molecular formula is C42H39N3. The molecule has 45 heavy (non-hydrogen) atoms. The Balaban J connectivity index is 1.46. The molecule has 0 aliphatic rings. The zero-order chi connectivity index (χ0) is 31.3. The van der Waals surface area contributed by atoms with E-state index in [-0.39, 0.29) is 10.8 Å². The topological polar surface area (TPSA) is 40.5 Å². The van der Waals surface area contributed by atoms with E-state index >= 15 is 0 Å². The highest BCUT2D eigenvalue weighted by Gasteiger charge is 2.21. The van der Waals surface area contributed by atoms with Crippen LogP contribution in [0, 0.1) is 0 Å². The van der Waals surface area contributed by atoms with Crippen LogP contribution in [0.4, 0.5) is 11.4 Å². The molecule has 3 heteroatoms. The Morgan fingerprint density at radius 2 is 0.867 bits per heavy atom. The van der Waals surface area contributed by atoms with Gasteiger partial charge in [0.25, 0.3) is 0 Å². The summed E-state index contributed by atoms with van der Waals surface area (Å²) >= 11 is 0. The smallest absolute Gasteiger partial charge is 0.0708 e. The van der Waals surface area contributed by atoms with Crippen LogP contribution in [0.1, 0.15) is 63.8 Å². The van der Waals surface area contributed by atoms with Gasteiger partial charge >= 0.3 is 0 Å². The number of aromatic amines is 1. The van der Waals surface area contributed by atoms with Crippen LogP contribution in [0.3, 0.4) is 0 Å². The molecule has 0 unspecified atom stereocenters. The fourth-order valence-corrected chi connectivity index (χ4v) is 6.15. The predicted octanol–water partition coefficient (Wildman–Crippen LogP) is 11.7. The SMILES string of the molecule is CC(C)(C)c1cc(C=Nc2cccc3ccccc23)c2[nH]c3c(C=Nc4cccc5ccccc45)cc(C(C)(C)C)cc3c2c1. The van der Waals surface area contributed by atoms with Crippen LogP contribution in [0.5, 0.6) is 0 Å². The molecule has 0 atom stereocenters. The summed E-state index contributed by atoms with van der Waals surface area (Å²) in [5.74, 6) is 0. The fraction of sp³-hybridized carbons (Fsp3) is 0.190. The highest BCUT2D eigenvalue weighted by molar-refractivity contribution is 6.17. The molecule has 0 radical (unpaired) electrons. The van der Waals surface area contributed by atoms with Gasteiger partial charge in [-0.2, -0.15) is 0 Å². The zero-order valence-electron chi connectivity index (χ0n) is 26.9. The molecular weight excluding hydrogens is 546 g/mol. The quantitative estimate of drug-likeness (QED) is 0.200. The minimum atomic E-state index is -0.0277. The van der Waals surface area contributed by atoms with Gasteiger partial charge in [0.05, 0.1) is 22.4 Å². The Bertz CT molecular complexity index is 2110. The molecule has 6 aromatic carbocycles. The highest BCUT2D eigenvalue weighted by Crippen LogP contribution is 2.37. The maximum absolute atomic E-state index is 5.06. The van der Waals surface area contributed by atoms with Crippen molar-refractivity contribution in [2.45, 2.75) is 52.4 Å². The van der Waals surface area contributed by atoms with Crippen molar-refractivity contribution < 1.29 is 0 Å². The first-order valence-corrected chi connectivity index (χ1v) is 15.7. The summed E-state index contributed by atoms with van der Waals surface area (Å²) < 4.78 is 0. The van der Waals surface area contributed by atoms with Crippen molar-refractivity contribution in [2.75, 3.05) is 0 Å². The molecule has 0 fully saturated rings. The average molecular weight is 586 g/mol. The molecule has 0 aliphatic carbocycles. The second-order valence-electron chi connectivity index (χ2n) is 14.1. The summed E-state index contributed by atoms with van der Waals surface area (Å²) in [6.45, 7) is 13.7.